The van der Waals surface area contributed by atoms with Crippen molar-refractivity contribution in [2.45, 2.75) is 89.6 Å². The number of amides is 1. The fourth-order valence-electron chi connectivity index (χ4n) is 6.75. The molecule has 0 atom stereocenters. The van der Waals surface area contributed by atoms with E-state index in [1.54, 1.807) is 0 Å². The Balaban J connectivity index is 1.32. The van der Waals surface area contributed by atoms with Gasteiger partial charge >= 0.3 is 0 Å². The molecule has 0 radical (unpaired) electrons. The molecule has 0 aromatic carbocycles. The van der Waals surface area contributed by atoms with Gasteiger partial charge in [0.25, 0.3) is 5.91 Å². The molecule has 5 aliphatic rings. The zero-order valence-electron chi connectivity index (χ0n) is 17.3. The number of hydrogen-bond donors (Lipinski definition) is 2. The first-order valence-electron chi connectivity index (χ1n) is 11.5. The fraction of sp³-hybridized carbons (Fsp3) is 0.783. The molecule has 28 heavy (non-hydrogen) atoms. The van der Waals surface area contributed by atoms with Crippen LogP contribution in [0.4, 0.5) is 5.82 Å². The molecule has 1 aromatic heterocycles. The summed E-state index contributed by atoms with van der Waals surface area (Å²) in [6, 6.07) is 2.90. The molecule has 0 unspecified atom stereocenters. The molecule has 4 bridgehead atoms. The second-order valence-corrected chi connectivity index (χ2v) is 10.2. The SMILES string of the molecule is CC(C)c1cc(NC2CCCC2)nnc1C(=O)NC1C2CC3CC(C2)CC1C3. The molecule has 152 valence electrons. The minimum Gasteiger partial charge on any atom is -0.366 e. The zero-order valence-corrected chi connectivity index (χ0v) is 17.3. The molecule has 1 aromatic rings. The smallest absolute Gasteiger partial charge is 0.272 e. The van der Waals surface area contributed by atoms with E-state index in [4.69, 9.17) is 0 Å². The quantitative estimate of drug-likeness (QED) is 0.786. The van der Waals surface area contributed by atoms with Crippen LogP contribution in [0, 0.1) is 23.7 Å². The van der Waals surface area contributed by atoms with Crippen molar-refractivity contribution in [3.05, 3.63) is 17.3 Å². The molecule has 1 amide bonds. The van der Waals surface area contributed by atoms with Crippen LogP contribution in [-0.2, 0) is 0 Å². The van der Waals surface area contributed by atoms with E-state index in [0.29, 0.717) is 29.6 Å². The number of carbonyl (C=O) groups is 1. The van der Waals surface area contributed by atoms with E-state index in [1.807, 2.05) is 0 Å². The fourth-order valence-corrected chi connectivity index (χ4v) is 6.75. The van der Waals surface area contributed by atoms with Gasteiger partial charge in [0, 0.05) is 12.1 Å². The Kier molecular flexibility index (Phi) is 4.80. The van der Waals surface area contributed by atoms with E-state index < -0.39 is 0 Å². The van der Waals surface area contributed by atoms with Crippen molar-refractivity contribution in [2.24, 2.45) is 23.7 Å². The van der Waals surface area contributed by atoms with Crippen molar-refractivity contribution in [1.82, 2.24) is 15.5 Å². The Morgan fingerprint density at radius 2 is 1.64 bits per heavy atom. The standard InChI is InChI=1S/C23H34N4O/c1-13(2)19-12-20(24-18-5-3-4-6-18)26-27-22(19)23(28)25-21-16-8-14-7-15(10-16)11-17(21)9-14/h12-18,21H,3-11H2,1-2H3,(H,24,26)(H,25,28). The molecule has 0 saturated heterocycles. The maximum absolute atomic E-state index is 13.2. The van der Waals surface area contributed by atoms with Crippen molar-refractivity contribution in [3.8, 4) is 0 Å². The molecular formula is C23H34N4O. The topological polar surface area (TPSA) is 66.9 Å². The predicted octanol–water partition coefficient (Wildman–Crippen LogP) is 4.51. The van der Waals surface area contributed by atoms with Crippen LogP contribution in [0.25, 0.3) is 0 Å². The van der Waals surface area contributed by atoms with Crippen LogP contribution >= 0.6 is 0 Å². The lowest BCUT2D eigenvalue weighted by Gasteiger charge is -2.54. The minimum atomic E-state index is -0.0129. The number of carbonyl (C=O) groups excluding carboxylic acids is 1. The summed E-state index contributed by atoms with van der Waals surface area (Å²) in [6.45, 7) is 4.27. The monoisotopic (exact) mass is 382 g/mol. The number of rotatable bonds is 5. The molecule has 5 fully saturated rings. The van der Waals surface area contributed by atoms with Gasteiger partial charge in [0.05, 0.1) is 0 Å². The van der Waals surface area contributed by atoms with E-state index in [1.165, 1.54) is 57.8 Å². The van der Waals surface area contributed by atoms with E-state index >= 15 is 0 Å². The summed E-state index contributed by atoms with van der Waals surface area (Å²) in [5.41, 5.74) is 1.54. The Bertz CT molecular complexity index is 712. The van der Waals surface area contributed by atoms with Crippen LogP contribution in [0.2, 0.25) is 0 Å². The van der Waals surface area contributed by atoms with Gasteiger partial charge in [-0.25, -0.2) is 0 Å². The third-order valence-electron chi connectivity index (χ3n) is 7.89. The van der Waals surface area contributed by atoms with Crippen LogP contribution < -0.4 is 10.6 Å². The van der Waals surface area contributed by atoms with Crippen LogP contribution in [-0.4, -0.2) is 28.2 Å². The molecule has 5 nitrogen and oxygen atoms in total. The first-order valence-corrected chi connectivity index (χ1v) is 11.5. The maximum Gasteiger partial charge on any atom is 0.272 e. The Hall–Kier alpha value is -1.65. The van der Waals surface area contributed by atoms with E-state index in [-0.39, 0.29) is 11.8 Å². The molecule has 0 spiro atoms. The van der Waals surface area contributed by atoms with Gasteiger partial charge in [0.1, 0.15) is 5.82 Å². The molecule has 2 N–H and O–H groups in total. The van der Waals surface area contributed by atoms with Gasteiger partial charge in [-0.15, -0.1) is 10.2 Å². The number of nitrogens with one attached hydrogen (secondary N) is 2. The maximum atomic E-state index is 13.2. The van der Waals surface area contributed by atoms with Gasteiger partial charge in [-0.3, -0.25) is 4.79 Å². The average Bonchev–Trinajstić information content (AvgIpc) is 3.17. The second-order valence-electron chi connectivity index (χ2n) is 10.2. The van der Waals surface area contributed by atoms with Gasteiger partial charge in [-0.1, -0.05) is 26.7 Å². The normalized spacial score (nSPS) is 34.2. The Labute approximate surface area is 168 Å². The van der Waals surface area contributed by atoms with E-state index in [2.05, 4.69) is 40.7 Å². The molecule has 0 aliphatic heterocycles. The first-order chi connectivity index (χ1) is 13.6. The molecule has 5 heteroatoms. The summed E-state index contributed by atoms with van der Waals surface area (Å²) in [4.78, 5) is 13.2. The zero-order chi connectivity index (χ0) is 19.3. The highest BCUT2D eigenvalue weighted by Gasteiger charge is 2.48. The van der Waals surface area contributed by atoms with Gasteiger partial charge in [-0.05, 0) is 86.2 Å². The molecule has 5 aliphatic carbocycles. The third-order valence-corrected chi connectivity index (χ3v) is 7.89. The van der Waals surface area contributed by atoms with Crippen LogP contribution in [0.15, 0.2) is 6.07 Å². The van der Waals surface area contributed by atoms with Crippen molar-refractivity contribution in [3.63, 3.8) is 0 Å². The van der Waals surface area contributed by atoms with E-state index in [0.717, 1.165) is 23.2 Å². The largest absolute Gasteiger partial charge is 0.366 e. The summed E-state index contributed by atoms with van der Waals surface area (Å²) in [6.07, 6.45) is 11.7. The summed E-state index contributed by atoms with van der Waals surface area (Å²) in [5, 5.41) is 15.7. The number of anilines is 1. The Morgan fingerprint density at radius 3 is 2.25 bits per heavy atom. The second kappa shape index (κ2) is 7.31. The lowest BCUT2D eigenvalue weighted by Crippen LogP contribution is -2.56. The lowest BCUT2D eigenvalue weighted by molar-refractivity contribution is -0.0120. The van der Waals surface area contributed by atoms with Crippen LogP contribution in [0.1, 0.15) is 93.6 Å². The van der Waals surface area contributed by atoms with Crippen molar-refractivity contribution in [1.29, 1.82) is 0 Å². The van der Waals surface area contributed by atoms with Gasteiger partial charge in [0.2, 0.25) is 0 Å². The highest BCUT2D eigenvalue weighted by Crippen LogP contribution is 2.53. The number of aromatic nitrogens is 2. The van der Waals surface area contributed by atoms with Crippen LogP contribution in [0.5, 0.6) is 0 Å². The van der Waals surface area contributed by atoms with Crippen LogP contribution in [0.3, 0.4) is 0 Å². The summed E-state index contributed by atoms with van der Waals surface area (Å²) < 4.78 is 0. The predicted molar refractivity (Wildman–Crippen MR) is 110 cm³/mol. The van der Waals surface area contributed by atoms with Crippen molar-refractivity contribution >= 4 is 11.7 Å². The molecule has 1 heterocycles. The lowest BCUT2D eigenvalue weighted by atomic mass is 9.54. The summed E-state index contributed by atoms with van der Waals surface area (Å²) >= 11 is 0. The van der Waals surface area contributed by atoms with Crippen molar-refractivity contribution in [2.75, 3.05) is 5.32 Å². The highest BCUT2D eigenvalue weighted by atomic mass is 16.2. The summed E-state index contributed by atoms with van der Waals surface area (Å²) in [7, 11) is 0. The Morgan fingerprint density at radius 1 is 1.00 bits per heavy atom. The molecular weight excluding hydrogens is 348 g/mol. The highest BCUT2D eigenvalue weighted by molar-refractivity contribution is 5.94. The number of hydrogen-bond acceptors (Lipinski definition) is 4. The van der Waals surface area contributed by atoms with Gasteiger partial charge < -0.3 is 10.6 Å². The van der Waals surface area contributed by atoms with Crippen molar-refractivity contribution < 1.29 is 4.79 Å². The first kappa shape index (κ1) is 18.4. The van der Waals surface area contributed by atoms with E-state index in [9.17, 15) is 4.79 Å². The van der Waals surface area contributed by atoms with Gasteiger partial charge in [0.15, 0.2) is 5.69 Å². The number of nitrogens with zero attached hydrogens (tertiary/aromatic N) is 2. The molecule has 6 rings (SSSR count). The minimum absolute atomic E-state index is 0.0129. The summed E-state index contributed by atoms with van der Waals surface area (Å²) in [5.74, 6) is 4.25. The van der Waals surface area contributed by atoms with Gasteiger partial charge in [-0.2, -0.15) is 0 Å². The average molecular weight is 383 g/mol. The third kappa shape index (κ3) is 3.42. The molecule has 5 saturated carbocycles.